The molecule has 502 valence electrons. The van der Waals surface area contributed by atoms with Gasteiger partial charge in [-0.1, -0.05) is 67.4 Å². The minimum atomic E-state index is -5.85. The van der Waals surface area contributed by atoms with Crippen molar-refractivity contribution < 1.29 is 55.0 Å². The number of piperidine rings is 1. The Morgan fingerprint density at radius 2 is 1.49 bits per heavy atom. The standard InChI is InChI=1S/C67H78ClF3N10O9S4/c1-66(2)25-23-53(45-11-15-48(68)16-12-45)47(42-66)43-78-31-33-79(34-32-78)50-17-13-46(14-18-50)61(83)76-93-52-19-20-55(58(41-52)94(87,88)67(69,70)71)74-49(44-92-51-7-4-3-5-8-51)24-28-77-29-35-80(36-30-77)65(91)73-27-38-90-40-39-89-37-26-72-56-10-6-9-54-60(56)64(86)81(63(54)85)57-21-22-59(82)75-62(57)84/h3-20,41,49,57,72,74H,21-40,42-44H2,1-2H3,(H,73,91)(H,76,83)(H,75,82,84)/t49-,57?/m1/s1. The zero-order valence-corrected chi connectivity index (χ0v) is 56.5. The van der Waals surface area contributed by atoms with E-state index in [1.165, 1.54) is 46.7 Å². The summed E-state index contributed by atoms with van der Waals surface area (Å²) < 4.78 is 84.3. The van der Waals surface area contributed by atoms with Crippen LogP contribution >= 0.6 is 47.5 Å². The van der Waals surface area contributed by atoms with Crippen LogP contribution in [-0.2, 0) is 28.9 Å². The number of piperazine rings is 2. The number of thiocarbonyl (C=S) groups is 1. The summed E-state index contributed by atoms with van der Waals surface area (Å²) in [6.07, 6.45) is 3.78. The van der Waals surface area contributed by atoms with E-state index in [0.717, 1.165) is 90.5 Å². The Labute approximate surface area is 565 Å². The van der Waals surface area contributed by atoms with Gasteiger partial charge >= 0.3 is 5.51 Å². The summed E-state index contributed by atoms with van der Waals surface area (Å²) in [5.41, 5.74) is 0.679. The fraction of sp³-hybridized carbons (Fsp3) is 0.433. The van der Waals surface area contributed by atoms with E-state index in [1.807, 2.05) is 54.6 Å². The van der Waals surface area contributed by atoms with Gasteiger partial charge in [0.2, 0.25) is 11.8 Å². The van der Waals surface area contributed by atoms with Gasteiger partial charge in [0.1, 0.15) is 10.9 Å². The number of ether oxygens (including phenoxy) is 2. The minimum Gasteiger partial charge on any atom is -0.382 e. The Morgan fingerprint density at radius 3 is 2.19 bits per heavy atom. The third kappa shape index (κ3) is 18.0. The van der Waals surface area contributed by atoms with Crippen LogP contribution in [0, 0.1) is 5.41 Å². The van der Waals surface area contributed by atoms with Crippen LogP contribution < -0.4 is 30.9 Å². The molecule has 4 aliphatic heterocycles. The van der Waals surface area contributed by atoms with Crippen molar-refractivity contribution in [3.8, 4) is 0 Å². The highest BCUT2D eigenvalue weighted by atomic mass is 35.5. The molecule has 5 N–H and O–H groups in total. The summed E-state index contributed by atoms with van der Waals surface area (Å²) >= 11 is 14.2. The molecule has 3 fully saturated rings. The Kier molecular flexibility index (Phi) is 23.8. The predicted molar refractivity (Wildman–Crippen MR) is 365 cm³/mol. The van der Waals surface area contributed by atoms with E-state index < -0.39 is 61.9 Å². The number of allylic oxidation sites excluding steroid dienone is 1. The van der Waals surface area contributed by atoms with Crippen LogP contribution in [0.2, 0.25) is 5.02 Å². The molecule has 0 aromatic heterocycles. The summed E-state index contributed by atoms with van der Waals surface area (Å²) in [6, 6.07) is 32.0. The first-order valence-electron chi connectivity index (χ1n) is 31.5. The SMILES string of the molecule is CC1(C)CCC(c2ccc(Cl)cc2)=C(CN2CCN(c3ccc(C(=O)NSc4ccc(N[C@H](CCN5CCN(C(=S)NCCOCCOCCNc6cccc7c6C(=O)N(C6CCC(=O)NC6=O)C7=O)CC5)CSc5ccccc5)c(S(=O)(=O)C(F)(F)F)c4)cc3)CC2)C1. The van der Waals surface area contributed by atoms with E-state index in [-0.39, 0.29) is 46.6 Å². The van der Waals surface area contributed by atoms with Gasteiger partial charge in [-0.15, -0.1) is 11.8 Å². The minimum absolute atomic E-state index is 0.0307. The van der Waals surface area contributed by atoms with Gasteiger partial charge in [-0.2, -0.15) is 13.2 Å². The second-order valence-corrected chi connectivity index (χ2v) is 29.2. The number of benzene rings is 5. The Balaban J connectivity index is 0.656. The Bertz CT molecular complexity index is 3690. The van der Waals surface area contributed by atoms with Gasteiger partial charge in [-0.05, 0) is 152 Å². The van der Waals surface area contributed by atoms with E-state index in [9.17, 15) is 45.6 Å². The molecule has 0 bridgehead atoms. The molecule has 10 rings (SSSR count). The normalized spacial score (nSPS) is 18.4. The maximum Gasteiger partial charge on any atom is 0.501 e. The van der Waals surface area contributed by atoms with Gasteiger partial charge in [0, 0.05) is 129 Å². The molecule has 1 aliphatic carbocycles. The lowest BCUT2D eigenvalue weighted by molar-refractivity contribution is -0.136. The quantitative estimate of drug-likeness (QED) is 0.0109. The monoisotopic (exact) mass is 1390 g/mol. The van der Waals surface area contributed by atoms with Crippen LogP contribution in [0.3, 0.4) is 0 Å². The molecule has 0 saturated carbocycles. The van der Waals surface area contributed by atoms with Gasteiger partial charge in [0.05, 0.1) is 43.2 Å². The number of rotatable bonds is 27. The fourth-order valence-electron chi connectivity index (χ4n) is 12.2. The average molecular weight is 1390 g/mol. The zero-order valence-electron chi connectivity index (χ0n) is 52.4. The highest BCUT2D eigenvalue weighted by Crippen LogP contribution is 2.43. The maximum atomic E-state index is 14.5. The fourth-order valence-corrected chi connectivity index (χ4v) is 15.3. The summed E-state index contributed by atoms with van der Waals surface area (Å²) in [5, 5.41) is 13.1. The first kappa shape index (κ1) is 70.1. The number of halogens is 4. The molecule has 2 atom stereocenters. The van der Waals surface area contributed by atoms with Crippen LogP contribution in [0.4, 0.5) is 30.2 Å². The molecular weight excluding hydrogens is 1310 g/mol. The van der Waals surface area contributed by atoms with Crippen molar-refractivity contribution in [1.82, 2.24) is 35.0 Å². The number of fused-ring (bicyclic) bond motifs is 1. The molecule has 3 saturated heterocycles. The number of hydrogen-bond acceptors (Lipinski definition) is 17. The van der Waals surface area contributed by atoms with Crippen molar-refractivity contribution in [3.63, 3.8) is 0 Å². The van der Waals surface area contributed by atoms with Crippen molar-refractivity contribution in [2.75, 3.05) is 126 Å². The molecule has 5 amide bonds. The second kappa shape index (κ2) is 31.9. The first-order valence-corrected chi connectivity index (χ1v) is 35.6. The van der Waals surface area contributed by atoms with E-state index in [2.05, 4.69) is 71.6 Å². The third-order valence-corrected chi connectivity index (χ3v) is 21.5. The van der Waals surface area contributed by atoms with E-state index in [4.69, 9.17) is 33.3 Å². The summed E-state index contributed by atoms with van der Waals surface area (Å²) in [7, 11) is -5.85. The highest BCUT2D eigenvalue weighted by Gasteiger charge is 2.49. The van der Waals surface area contributed by atoms with Crippen LogP contribution in [-0.4, -0.2) is 191 Å². The number of sulfone groups is 1. The molecule has 27 heteroatoms. The third-order valence-electron chi connectivity index (χ3n) is 17.4. The molecule has 5 aromatic rings. The average Bonchev–Trinajstić information content (AvgIpc) is 1.56. The van der Waals surface area contributed by atoms with Crippen LogP contribution in [0.5, 0.6) is 0 Å². The lowest BCUT2D eigenvalue weighted by atomic mass is 9.73. The molecule has 19 nitrogen and oxygen atoms in total. The topological polar surface area (TPSA) is 214 Å². The summed E-state index contributed by atoms with van der Waals surface area (Å²) in [5.74, 6) is -2.37. The van der Waals surface area contributed by atoms with E-state index >= 15 is 0 Å². The Hall–Kier alpha value is -6.75. The molecule has 5 aliphatic rings. The highest BCUT2D eigenvalue weighted by molar-refractivity contribution is 7.99. The molecule has 0 spiro atoms. The van der Waals surface area contributed by atoms with Crippen LogP contribution in [0.25, 0.3) is 5.57 Å². The van der Waals surface area contributed by atoms with E-state index in [0.29, 0.717) is 94.2 Å². The molecule has 5 aromatic carbocycles. The lowest BCUT2D eigenvalue weighted by Gasteiger charge is -2.39. The summed E-state index contributed by atoms with van der Waals surface area (Å²) in [6.45, 7) is 14.1. The first-order chi connectivity index (χ1) is 45.1. The van der Waals surface area contributed by atoms with Gasteiger partial charge in [-0.3, -0.25) is 48.7 Å². The molecule has 4 heterocycles. The van der Waals surface area contributed by atoms with Gasteiger partial charge in [-0.25, -0.2) is 8.42 Å². The van der Waals surface area contributed by atoms with E-state index in [1.54, 1.807) is 24.3 Å². The number of imide groups is 2. The molecule has 1 unspecified atom stereocenters. The van der Waals surface area contributed by atoms with Gasteiger partial charge in [0.25, 0.3) is 27.6 Å². The van der Waals surface area contributed by atoms with Crippen LogP contribution in [0.1, 0.15) is 89.0 Å². The number of anilines is 3. The number of carbonyl (C=O) groups excluding carboxylic acids is 5. The van der Waals surface area contributed by atoms with Crippen molar-refractivity contribution in [2.45, 2.75) is 84.7 Å². The Morgan fingerprint density at radius 1 is 0.787 bits per heavy atom. The summed E-state index contributed by atoms with van der Waals surface area (Å²) in [4.78, 5) is 74.3. The molecule has 0 radical (unpaired) electrons. The maximum absolute atomic E-state index is 14.5. The number of alkyl halides is 3. The number of hydrogen-bond donors (Lipinski definition) is 5. The second-order valence-electron chi connectivity index (χ2n) is 24.5. The molecule has 94 heavy (non-hydrogen) atoms. The van der Waals surface area contributed by atoms with Crippen molar-refractivity contribution in [2.24, 2.45) is 5.41 Å². The van der Waals surface area contributed by atoms with Crippen molar-refractivity contribution in [1.29, 1.82) is 0 Å². The lowest BCUT2D eigenvalue weighted by Crippen LogP contribution is -2.54. The number of nitrogens with one attached hydrogen (secondary N) is 5. The number of nitrogens with zero attached hydrogens (tertiary/aromatic N) is 5. The molecular formula is C67H78ClF3N10O9S4. The smallest absolute Gasteiger partial charge is 0.382 e. The van der Waals surface area contributed by atoms with Crippen molar-refractivity contribution >= 4 is 115 Å². The predicted octanol–water partition coefficient (Wildman–Crippen LogP) is 9.86. The number of carbonyl (C=O) groups is 5. The number of thioether (sulfide) groups is 1. The van der Waals surface area contributed by atoms with Crippen molar-refractivity contribution in [3.05, 3.63) is 148 Å². The van der Waals surface area contributed by atoms with Crippen LogP contribution in [0.15, 0.2) is 136 Å². The largest absolute Gasteiger partial charge is 0.501 e. The zero-order chi connectivity index (χ0) is 66.6. The van der Waals surface area contributed by atoms with Gasteiger partial charge in [0.15, 0.2) is 5.11 Å². The number of amides is 5. The van der Waals surface area contributed by atoms with Gasteiger partial charge < -0.3 is 35.2 Å².